The molecule has 1 aromatic rings. The van der Waals surface area contributed by atoms with Crippen molar-refractivity contribution in [1.82, 2.24) is 0 Å². The molecule has 1 aromatic carbocycles. The highest BCUT2D eigenvalue weighted by molar-refractivity contribution is 5.89. The molecule has 0 heterocycles. The minimum absolute atomic E-state index is 0.0245. The first-order valence-corrected chi connectivity index (χ1v) is 4.31. The van der Waals surface area contributed by atoms with E-state index in [1.807, 2.05) is 0 Å². The van der Waals surface area contributed by atoms with E-state index in [9.17, 15) is 9.18 Å². The average Bonchev–Trinajstić information content (AvgIpc) is 2.27. The Labute approximate surface area is 92.1 Å². The zero-order valence-electron chi connectivity index (χ0n) is 8.83. The Morgan fingerprint density at radius 1 is 1.44 bits per heavy atom. The normalized spacial score (nSPS) is 8.94. The molecule has 5 heteroatoms. The third-order valence-corrected chi connectivity index (χ3v) is 1.80. The van der Waals surface area contributed by atoms with Gasteiger partial charge in [0.05, 0.1) is 25.5 Å². The lowest BCUT2D eigenvalue weighted by molar-refractivity contribution is -0.133. The van der Waals surface area contributed by atoms with Crippen molar-refractivity contribution in [2.75, 3.05) is 20.0 Å². The summed E-state index contributed by atoms with van der Waals surface area (Å²) < 4.78 is 22.5. The molecule has 2 N–H and O–H groups in total. The lowest BCUT2D eigenvalue weighted by atomic mass is 10.2. The number of benzene rings is 1. The molecule has 0 fully saturated rings. The van der Waals surface area contributed by atoms with Crippen LogP contribution >= 0.6 is 0 Å². The van der Waals surface area contributed by atoms with Crippen molar-refractivity contribution in [3.63, 3.8) is 0 Å². The number of nitrogen functional groups attached to an aromatic ring is 1. The molecule has 0 aliphatic heterocycles. The summed E-state index contributed by atoms with van der Waals surface area (Å²) in [5.74, 6) is 3.39. The van der Waals surface area contributed by atoms with Gasteiger partial charge in [0.1, 0.15) is 11.6 Å². The zero-order valence-corrected chi connectivity index (χ0v) is 8.83. The van der Waals surface area contributed by atoms with Crippen LogP contribution in [0, 0.1) is 17.7 Å². The largest absolute Gasteiger partial charge is 0.495 e. The summed E-state index contributed by atoms with van der Waals surface area (Å²) in [6.07, 6.45) is 0. The van der Waals surface area contributed by atoms with Gasteiger partial charge in [-0.25, -0.2) is 9.18 Å². The molecule has 0 atom stereocenters. The molecular weight excluding hydrogens is 213 g/mol. The van der Waals surface area contributed by atoms with Crippen molar-refractivity contribution in [3.8, 4) is 17.6 Å². The number of rotatable bonds is 1. The molecular formula is C11H10FNO3. The van der Waals surface area contributed by atoms with E-state index in [4.69, 9.17) is 10.5 Å². The molecule has 0 aliphatic rings. The van der Waals surface area contributed by atoms with Crippen molar-refractivity contribution in [2.24, 2.45) is 0 Å². The Morgan fingerprint density at radius 3 is 2.69 bits per heavy atom. The number of ether oxygens (including phenoxy) is 2. The van der Waals surface area contributed by atoms with Crippen LogP contribution in [0.15, 0.2) is 12.1 Å². The molecule has 0 saturated carbocycles. The molecule has 0 unspecified atom stereocenters. The summed E-state index contributed by atoms with van der Waals surface area (Å²) in [7, 11) is 2.60. The first-order valence-electron chi connectivity index (χ1n) is 4.31. The van der Waals surface area contributed by atoms with Gasteiger partial charge in [0.2, 0.25) is 0 Å². The highest BCUT2D eigenvalue weighted by atomic mass is 19.1. The topological polar surface area (TPSA) is 61.5 Å². The summed E-state index contributed by atoms with van der Waals surface area (Å²) in [4.78, 5) is 10.7. The van der Waals surface area contributed by atoms with Crippen LogP contribution < -0.4 is 10.5 Å². The molecule has 0 aliphatic carbocycles. The van der Waals surface area contributed by atoms with Crippen LogP contribution in [0.1, 0.15) is 5.56 Å². The maximum atomic E-state index is 13.3. The van der Waals surface area contributed by atoms with E-state index in [0.717, 1.165) is 6.07 Å². The molecule has 0 bridgehead atoms. The lowest BCUT2D eigenvalue weighted by Crippen LogP contribution is -1.97. The number of hydrogen-bond donors (Lipinski definition) is 1. The van der Waals surface area contributed by atoms with Crippen molar-refractivity contribution in [1.29, 1.82) is 0 Å². The van der Waals surface area contributed by atoms with Gasteiger partial charge in [-0.3, -0.25) is 0 Å². The van der Waals surface area contributed by atoms with Crippen LogP contribution in [-0.4, -0.2) is 20.2 Å². The van der Waals surface area contributed by atoms with Gasteiger partial charge in [-0.2, -0.15) is 0 Å². The first kappa shape index (κ1) is 11.9. The highest BCUT2D eigenvalue weighted by Gasteiger charge is 2.06. The van der Waals surface area contributed by atoms with Gasteiger partial charge in [-0.15, -0.1) is 0 Å². The molecule has 0 radical (unpaired) electrons. The molecule has 0 aromatic heterocycles. The number of hydrogen-bond acceptors (Lipinski definition) is 4. The van der Waals surface area contributed by atoms with Crippen molar-refractivity contribution in [2.45, 2.75) is 0 Å². The molecule has 0 amide bonds. The van der Waals surface area contributed by atoms with Crippen LogP contribution in [0.2, 0.25) is 0 Å². The third kappa shape index (κ3) is 2.64. The lowest BCUT2D eigenvalue weighted by Gasteiger charge is -2.04. The van der Waals surface area contributed by atoms with E-state index >= 15 is 0 Å². The minimum Gasteiger partial charge on any atom is -0.495 e. The van der Waals surface area contributed by atoms with Gasteiger partial charge in [0.25, 0.3) is 0 Å². The van der Waals surface area contributed by atoms with E-state index in [1.165, 1.54) is 20.3 Å². The second-order valence-corrected chi connectivity index (χ2v) is 2.82. The Balaban J connectivity index is 3.12. The Morgan fingerprint density at radius 2 is 2.12 bits per heavy atom. The molecule has 4 nitrogen and oxygen atoms in total. The first-order chi connectivity index (χ1) is 7.58. The fourth-order valence-electron chi connectivity index (χ4n) is 1.01. The second-order valence-electron chi connectivity index (χ2n) is 2.82. The smallest absolute Gasteiger partial charge is 0.384 e. The molecule has 1 rings (SSSR count). The van der Waals surface area contributed by atoms with Gasteiger partial charge in [-0.1, -0.05) is 5.92 Å². The summed E-state index contributed by atoms with van der Waals surface area (Å²) >= 11 is 0. The number of halogens is 1. The minimum atomic E-state index is -0.741. The number of anilines is 1. The van der Waals surface area contributed by atoms with Crippen molar-refractivity contribution >= 4 is 11.7 Å². The number of carbonyl (C=O) groups is 1. The quantitative estimate of drug-likeness (QED) is 0.437. The monoisotopic (exact) mass is 223 g/mol. The molecule has 0 spiro atoms. The summed E-state index contributed by atoms with van der Waals surface area (Å²) in [5, 5.41) is 0. The SMILES string of the molecule is COC(=O)C#Cc1cc(OC)c(N)cc1F. The number of carbonyl (C=O) groups excluding carboxylic acids is 1. The Bertz CT molecular complexity index is 474. The summed E-state index contributed by atoms with van der Waals surface area (Å²) in [6, 6.07) is 2.40. The van der Waals surface area contributed by atoms with Crippen molar-refractivity contribution < 1.29 is 18.7 Å². The fraction of sp³-hybridized carbons (Fsp3) is 0.182. The standard InChI is InChI=1S/C11H10FNO3/c1-15-10-5-7(3-4-11(14)16-2)8(12)6-9(10)13/h5-6H,13H2,1-2H3. The molecule has 0 saturated heterocycles. The fourth-order valence-corrected chi connectivity index (χ4v) is 1.01. The van der Waals surface area contributed by atoms with Gasteiger partial charge in [-0.05, 0) is 0 Å². The van der Waals surface area contributed by atoms with E-state index in [2.05, 4.69) is 16.6 Å². The Hall–Kier alpha value is -2.22. The predicted octanol–water partition coefficient (Wildman–Crippen LogP) is 0.941. The molecule has 84 valence electrons. The maximum Gasteiger partial charge on any atom is 0.384 e. The van der Waals surface area contributed by atoms with Crippen LogP contribution in [-0.2, 0) is 9.53 Å². The van der Waals surface area contributed by atoms with Gasteiger partial charge >= 0.3 is 5.97 Å². The number of methoxy groups -OCH3 is 2. The van der Waals surface area contributed by atoms with Crippen LogP contribution in [0.4, 0.5) is 10.1 Å². The van der Waals surface area contributed by atoms with Gasteiger partial charge < -0.3 is 15.2 Å². The van der Waals surface area contributed by atoms with E-state index < -0.39 is 11.8 Å². The third-order valence-electron chi connectivity index (χ3n) is 1.80. The number of esters is 1. The highest BCUT2D eigenvalue weighted by Crippen LogP contribution is 2.24. The summed E-state index contributed by atoms with van der Waals surface area (Å²) in [5.41, 5.74) is 5.67. The zero-order chi connectivity index (χ0) is 12.1. The van der Waals surface area contributed by atoms with Crippen LogP contribution in [0.25, 0.3) is 0 Å². The van der Waals surface area contributed by atoms with Gasteiger partial charge in [0, 0.05) is 18.1 Å². The van der Waals surface area contributed by atoms with E-state index in [-0.39, 0.29) is 11.3 Å². The van der Waals surface area contributed by atoms with Crippen molar-refractivity contribution in [3.05, 3.63) is 23.5 Å². The van der Waals surface area contributed by atoms with Gasteiger partial charge in [0.15, 0.2) is 0 Å². The van der Waals surface area contributed by atoms with E-state index in [0.29, 0.717) is 5.75 Å². The average molecular weight is 223 g/mol. The Kier molecular flexibility index (Phi) is 3.72. The summed E-state index contributed by atoms with van der Waals surface area (Å²) in [6.45, 7) is 0. The maximum absolute atomic E-state index is 13.3. The molecule has 16 heavy (non-hydrogen) atoms. The predicted molar refractivity (Wildman–Crippen MR) is 56.3 cm³/mol. The van der Waals surface area contributed by atoms with Crippen LogP contribution in [0.3, 0.4) is 0 Å². The second kappa shape index (κ2) is 5.03. The van der Waals surface area contributed by atoms with Crippen LogP contribution in [0.5, 0.6) is 5.75 Å². The van der Waals surface area contributed by atoms with E-state index in [1.54, 1.807) is 0 Å². The number of nitrogens with two attached hydrogens (primary N) is 1.